The number of esters is 1. The maximum Gasteiger partial charge on any atom is 0.316 e. The van der Waals surface area contributed by atoms with Crippen LogP contribution in [0.2, 0.25) is 0 Å². The van der Waals surface area contributed by atoms with Gasteiger partial charge in [-0.1, -0.05) is 79.4 Å². The molecule has 9 nitrogen and oxygen atoms in total. The first kappa shape index (κ1) is 29.4. The van der Waals surface area contributed by atoms with Crippen LogP contribution in [0, 0.1) is 16.7 Å². The first-order valence-electron chi connectivity index (χ1n) is 13.6. The van der Waals surface area contributed by atoms with Crippen LogP contribution in [-0.2, 0) is 20.9 Å². The molecule has 216 valence electrons. The van der Waals surface area contributed by atoms with E-state index in [4.69, 9.17) is 15.2 Å². The quantitative estimate of drug-likeness (QED) is 0.240. The van der Waals surface area contributed by atoms with Crippen LogP contribution >= 0.6 is 23.1 Å². The summed E-state index contributed by atoms with van der Waals surface area (Å²) in [4.78, 5) is 27.3. The molecule has 2 N–H and O–H groups in total. The van der Waals surface area contributed by atoms with Crippen molar-refractivity contribution in [1.29, 1.82) is 5.26 Å². The Labute approximate surface area is 253 Å². The summed E-state index contributed by atoms with van der Waals surface area (Å²) in [6.07, 6.45) is 0.914. The zero-order chi connectivity index (χ0) is 29.9. The van der Waals surface area contributed by atoms with Gasteiger partial charge in [0.15, 0.2) is 10.1 Å². The van der Waals surface area contributed by atoms with Crippen molar-refractivity contribution in [3.63, 3.8) is 0 Å². The van der Waals surface area contributed by atoms with E-state index in [1.165, 1.54) is 23.1 Å². The predicted octanol–water partition coefficient (Wildman–Crippen LogP) is 5.71. The third-order valence-corrected chi connectivity index (χ3v) is 9.06. The maximum atomic E-state index is 13.8. The first-order valence-corrected chi connectivity index (χ1v) is 15.4. The molecule has 2 aromatic carbocycles. The average Bonchev–Trinajstić information content (AvgIpc) is 3.43. The summed E-state index contributed by atoms with van der Waals surface area (Å²) in [6, 6.07) is 19.7. The summed E-state index contributed by atoms with van der Waals surface area (Å²) in [5.41, 5.74) is 9.79. The highest BCUT2D eigenvalue weighted by atomic mass is 32.2. The lowest BCUT2D eigenvalue weighted by Crippen LogP contribution is -2.42. The van der Waals surface area contributed by atoms with Gasteiger partial charge in [0.25, 0.3) is 0 Å². The number of aromatic nitrogens is 2. The Balaban J connectivity index is 1.49. The largest absolute Gasteiger partial charge is 0.489 e. The Bertz CT molecular complexity index is 1590. The number of benzene rings is 2. The minimum atomic E-state index is -0.612. The van der Waals surface area contributed by atoms with Gasteiger partial charge in [0.2, 0.25) is 5.13 Å². The number of carbonyl (C=O) groups excluding carboxylic acids is 2. The number of ether oxygens (including phenoxy) is 2. The van der Waals surface area contributed by atoms with E-state index in [1.807, 2.05) is 68.4 Å². The SMILES string of the molecule is CCOC(=O)CSc1nnc(N2C(N)=C(C#N)C(c3ccc(OCc4ccccc4)cc3)C3=C2CC(C)(C)CC3=O)s1. The fourth-order valence-electron chi connectivity index (χ4n) is 5.23. The van der Waals surface area contributed by atoms with Crippen molar-refractivity contribution in [1.82, 2.24) is 10.2 Å². The van der Waals surface area contributed by atoms with Gasteiger partial charge in [0, 0.05) is 17.7 Å². The molecular weight excluding hydrogens is 571 g/mol. The molecule has 0 saturated carbocycles. The van der Waals surface area contributed by atoms with Crippen LogP contribution in [0.4, 0.5) is 5.13 Å². The highest BCUT2D eigenvalue weighted by molar-refractivity contribution is 8.01. The molecule has 11 heteroatoms. The third kappa shape index (κ3) is 6.20. The van der Waals surface area contributed by atoms with Crippen LogP contribution in [0.1, 0.15) is 50.7 Å². The molecule has 1 aliphatic carbocycles. The molecule has 42 heavy (non-hydrogen) atoms. The molecule has 0 saturated heterocycles. The van der Waals surface area contributed by atoms with Gasteiger partial charge in [-0.3, -0.25) is 14.5 Å². The predicted molar refractivity (Wildman–Crippen MR) is 162 cm³/mol. The molecule has 3 aromatic rings. The van der Waals surface area contributed by atoms with Crippen LogP contribution in [0.5, 0.6) is 5.75 Å². The lowest BCUT2D eigenvalue weighted by atomic mass is 9.68. The molecule has 0 fully saturated rings. The standard InChI is InChI=1S/C31H31N5O4S2/c1-4-39-25(38)18-41-30-35-34-29(42-30)36-23-14-31(2,3)15-24(37)27(23)26(22(16-32)28(36)33)20-10-12-21(13-11-20)40-17-19-8-6-5-7-9-19/h5-13,26H,4,14-15,17-18,33H2,1-3H3. The molecule has 0 radical (unpaired) electrons. The molecule has 2 heterocycles. The highest BCUT2D eigenvalue weighted by Crippen LogP contribution is 2.50. The molecule has 1 aliphatic heterocycles. The fraction of sp³-hybridized carbons (Fsp3) is 0.323. The molecular formula is C31H31N5O4S2. The number of Topliss-reactive ketones (excluding diaryl/α,β-unsaturated/α-hetero) is 1. The number of nitrogens with zero attached hydrogens (tertiary/aromatic N) is 4. The number of nitrogens with two attached hydrogens (primary N) is 1. The zero-order valence-corrected chi connectivity index (χ0v) is 25.3. The van der Waals surface area contributed by atoms with Crippen molar-refractivity contribution in [3.05, 3.63) is 88.4 Å². The number of hydrogen-bond acceptors (Lipinski definition) is 11. The lowest BCUT2D eigenvalue weighted by Gasteiger charge is -2.42. The Hall–Kier alpha value is -4.14. The summed E-state index contributed by atoms with van der Waals surface area (Å²) >= 11 is 2.47. The average molecular weight is 602 g/mol. The minimum absolute atomic E-state index is 0.0256. The van der Waals surface area contributed by atoms with Gasteiger partial charge in [-0.2, -0.15) is 5.26 Å². The summed E-state index contributed by atoms with van der Waals surface area (Å²) in [7, 11) is 0. The number of carbonyl (C=O) groups is 2. The van der Waals surface area contributed by atoms with Gasteiger partial charge in [0.1, 0.15) is 18.2 Å². The molecule has 1 atom stereocenters. The van der Waals surface area contributed by atoms with Crippen LogP contribution in [0.15, 0.2) is 81.6 Å². The van der Waals surface area contributed by atoms with Crippen molar-refractivity contribution in [2.24, 2.45) is 11.1 Å². The number of rotatable bonds is 9. The first-order chi connectivity index (χ1) is 20.2. The molecule has 0 bridgehead atoms. The second kappa shape index (κ2) is 12.4. The normalized spacial score (nSPS) is 18.0. The fourth-order valence-corrected chi connectivity index (χ4v) is 6.91. The van der Waals surface area contributed by atoms with E-state index in [-0.39, 0.29) is 34.3 Å². The topological polar surface area (TPSA) is 131 Å². The molecule has 1 aromatic heterocycles. The van der Waals surface area contributed by atoms with Gasteiger partial charge in [-0.25, -0.2) is 0 Å². The second-order valence-corrected chi connectivity index (χ2v) is 12.9. The highest BCUT2D eigenvalue weighted by Gasteiger charge is 2.45. The number of nitriles is 1. The Kier molecular flexibility index (Phi) is 8.66. The van der Waals surface area contributed by atoms with Gasteiger partial charge in [-0.15, -0.1) is 10.2 Å². The van der Waals surface area contributed by atoms with Crippen molar-refractivity contribution in [2.75, 3.05) is 17.3 Å². The third-order valence-electron chi connectivity index (χ3n) is 7.05. The summed E-state index contributed by atoms with van der Waals surface area (Å²) < 4.78 is 11.5. The van der Waals surface area contributed by atoms with Gasteiger partial charge >= 0.3 is 5.97 Å². The van der Waals surface area contributed by atoms with E-state index < -0.39 is 5.92 Å². The number of ketones is 1. The summed E-state index contributed by atoms with van der Waals surface area (Å²) in [5.74, 6) is 0.0224. The van der Waals surface area contributed by atoms with E-state index in [0.717, 1.165) is 16.8 Å². The van der Waals surface area contributed by atoms with E-state index in [2.05, 4.69) is 16.3 Å². The minimum Gasteiger partial charge on any atom is -0.489 e. The number of anilines is 1. The lowest BCUT2D eigenvalue weighted by molar-refractivity contribution is -0.139. The number of thioether (sulfide) groups is 1. The summed E-state index contributed by atoms with van der Waals surface area (Å²) in [5, 5.41) is 19.3. The van der Waals surface area contributed by atoms with Crippen molar-refractivity contribution in [3.8, 4) is 11.8 Å². The van der Waals surface area contributed by atoms with Gasteiger partial charge < -0.3 is 15.2 Å². The second-order valence-electron chi connectivity index (χ2n) is 10.8. The Morgan fingerprint density at radius 3 is 2.60 bits per heavy atom. The van der Waals surface area contributed by atoms with E-state index in [0.29, 0.717) is 46.8 Å². The van der Waals surface area contributed by atoms with Crippen molar-refractivity contribution in [2.45, 2.75) is 50.5 Å². The van der Waals surface area contributed by atoms with E-state index >= 15 is 0 Å². The van der Waals surface area contributed by atoms with E-state index in [9.17, 15) is 14.9 Å². The van der Waals surface area contributed by atoms with Crippen molar-refractivity contribution < 1.29 is 19.1 Å². The smallest absolute Gasteiger partial charge is 0.316 e. The van der Waals surface area contributed by atoms with Crippen LogP contribution in [0.25, 0.3) is 0 Å². The van der Waals surface area contributed by atoms with E-state index in [1.54, 1.807) is 11.8 Å². The monoisotopic (exact) mass is 601 g/mol. The zero-order valence-electron chi connectivity index (χ0n) is 23.6. The molecule has 1 unspecified atom stereocenters. The van der Waals surface area contributed by atoms with Gasteiger partial charge in [-0.05, 0) is 42.0 Å². The van der Waals surface area contributed by atoms with Crippen molar-refractivity contribution >= 4 is 40.0 Å². The van der Waals surface area contributed by atoms with Crippen LogP contribution in [0.3, 0.4) is 0 Å². The maximum absolute atomic E-state index is 13.8. The number of hydrogen-bond donors (Lipinski definition) is 1. The summed E-state index contributed by atoms with van der Waals surface area (Å²) in [6.45, 7) is 6.57. The molecule has 2 aliphatic rings. The Morgan fingerprint density at radius 2 is 1.90 bits per heavy atom. The molecule has 5 rings (SSSR count). The molecule has 0 amide bonds. The van der Waals surface area contributed by atoms with Crippen LogP contribution < -0.4 is 15.4 Å². The molecule has 0 spiro atoms. The van der Waals surface area contributed by atoms with Crippen LogP contribution in [-0.4, -0.2) is 34.3 Å². The Morgan fingerprint density at radius 1 is 1.17 bits per heavy atom. The van der Waals surface area contributed by atoms with Gasteiger partial charge in [0.05, 0.1) is 29.9 Å². The number of allylic oxidation sites excluding steroid dienone is 3.